The Balaban J connectivity index is 1.68. The van der Waals surface area contributed by atoms with Gasteiger partial charge in [-0.05, 0) is 48.0 Å². The second-order valence-electron chi connectivity index (χ2n) is 9.00. The Morgan fingerprint density at radius 3 is 2.57 bits per heavy atom. The maximum atomic E-state index is 13.3. The van der Waals surface area contributed by atoms with E-state index in [0.717, 1.165) is 15.6 Å². The number of benzene rings is 3. The predicted molar refractivity (Wildman–Crippen MR) is 144 cm³/mol. The highest BCUT2D eigenvalue weighted by atomic mass is 79.9. The van der Waals surface area contributed by atoms with Crippen LogP contribution in [0.1, 0.15) is 37.7 Å². The Morgan fingerprint density at radius 1 is 1.09 bits per heavy atom. The molecule has 0 aliphatic heterocycles. The highest BCUT2D eigenvalue weighted by Gasteiger charge is 2.23. The maximum Gasteiger partial charge on any atom is 0.282 e. The fraction of sp³-hybridized carbons (Fsp3) is 0.222. The minimum Gasteiger partial charge on any atom is -0.493 e. The molecule has 4 aromatic rings. The molecule has 3 aromatic carbocycles. The predicted octanol–water partition coefficient (Wildman–Crippen LogP) is 6.58. The minimum absolute atomic E-state index is 0.232. The van der Waals surface area contributed by atoms with Crippen LogP contribution < -0.4 is 15.0 Å². The summed E-state index contributed by atoms with van der Waals surface area (Å²) in [7, 11) is 1.58. The van der Waals surface area contributed by atoms with Crippen molar-refractivity contribution in [3.8, 4) is 11.5 Å². The number of hydrogen-bond donors (Lipinski definition) is 0. The molecule has 4 rings (SSSR count). The fourth-order valence-electron chi connectivity index (χ4n) is 3.52. The zero-order chi connectivity index (χ0) is 25.2. The Hall–Kier alpha value is -3.16. The number of ether oxygens (including phenoxy) is 2. The van der Waals surface area contributed by atoms with Crippen LogP contribution in [0.2, 0.25) is 5.02 Å². The highest BCUT2D eigenvalue weighted by Crippen LogP contribution is 2.29. The van der Waals surface area contributed by atoms with E-state index in [2.05, 4.69) is 21.0 Å². The van der Waals surface area contributed by atoms with E-state index in [9.17, 15) is 4.79 Å². The molecule has 0 saturated heterocycles. The van der Waals surface area contributed by atoms with Gasteiger partial charge in [0.1, 0.15) is 12.4 Å². The first-order valence-electron chi connectivity index (χ1n) is 11.0. The van der Waals surface area contributed by atoms with Gasteiger partial charge in [-0.3, -0.25) is 4.79 Å². The van der Waals surface area contributed by atoms with E-state index < -0.39 is 5.41 Å². The van der Waals surface area contributed by atoms with Crippen molar-refractivity contribution in [1.29, 1.82) is 0 Å². The number of fused-ring (bicyclic) bond motifs is 1. The molecule has 0 N–H and O–H groups in total. The first-order chi connectivity index (χ1) is 16.7. The Morgan fingerprint density at radius 2 is 1.86 bits per heavy atom. The van der Waals surface area contributed by atoms with Crippen molar-refractivity contribution < 1.29 is 9.47 Å². The lowest BCUT2D eigenvalue weighted by molar-refractivity contribution is 0.284. The summed E-state index contributed by atoms with van der Waals surface area (Å²) in [6.45, 7) is 6.31. The number of nitrogens with zero attached hydrogens (tertiary/aromatic N) is 3. The van der Waals surface area contributed by atoms with E-state index in [1.54, 1.807) is 31.5 Å². The van der Waals surface area contributed by atoms with Gasteiger partial charge in [0.05, 0.1) is 24.2 Å². The molecule has 0 aliphatic carbocycles. The van der Waals surface area contributed by atoms with Crippen molar-refractivity contribution in [3.05, 3.63) is 97.5 Å². The van der Waals surface area contributed by atoms with Crippen LogP contribution >= 0.6 is 27.5 Å². The van der Waals surface area contributed by atoms with Gasteiger partial charge in [0.25, 0.3) is 5.56 Å². The average Bonchev–Trinajstić information content (AvgIpc) is 2.82. The molecular weight excluding hydrogens is 530 g/mol. The van der Waals surface area contributed by atoms with E-state index in [1.165, 1.54) is 4.68 Å². The maximum absolute atomic E-state index is 13.3. The molecule has 1 aromatic heterocycles. The summed E-state index contributed by atoms with van der Waals surface area (Å²) in [5.41, 5.74) is 1.63. The van der Waals surface area contributed by atoms with Crippen LogP contribution in [-0.2, 0) is 12.0 Å². The molecule has 0 fully saturated rings. The van der Waals surface area contributed by atoms with Crippen molar-refractivity contribution in [2.75, 3.05) is 7.11 Å². The number of halogens is 2. The molecule has 0 spiro atoms. The van der Waals surface area contributed by atoms with Gasteiger partial charge in [0.2, 0.25) is 0 Å². The average molecular weight is 555 g/mol. The molecule has 1 heterocycles. The molecule has 0 aliphatic rings. The molecular formula is C27H25BrClN3O3. The van der Waals surface area contributed by atoms with E-state index in [0.29, 0.717) is 39.9 Å². The van der Waals surface area contributed by atoms with Gasteiger partial charge in [0.15, 0.2) is 11.5 Å². The lowest BCUT2D eigenvalue weighted by Gasteiger charge is -2.20. The number of hydrogen-bond acceptors (Lipinski definition) is 5. The third-order valence-corrected chi connectivity index (χ3v) is 6.19. The summed E-state index contributed by atoms with van der Waals surface area (Å²) < 4.78 is 13.6. The van der Waals surface area contributed by atoms with Crippen molar-refractivity contribution in [3.63, 3.8) is 0 Å². The highest BCUT2D eigenvalue weighted by molar-refractivity contribution is 9.10. The number of methoxy groups -OCH3 is 1. The molecule has 0 atom stereocenters. The lowest BCUT2D eigenvalue weighted by atomic mass is 9.95. The molecule has 35 heavy (non-hydrogen) atoms. The summed E-state index contributed by atoms with van der Waals surface area (Å²) in [6, 6.07) is 18.4. The summed E-state index contributed by atoms with van der Waals surface area (Å²) >= 11 is 9.66. The third-order valence-electron chi connectivity index (χ3n) is 5.33. The van der Waals surface area contributed by atoms with Gasteiger partial charge in [-0.15, -0.1) is 0 Å². The van der Waals surface area contributed by atoms with Crippen molar-refractivity contribution in [2.24, 2.45) is 5.10 Å². The minimum atomic E-state index is -0.397. The SMILES string of the molecule is COc1cc(C=Nn2c(C(C)(C)C)nc3ccc(Br)cc3c2=O)ccc1OCc1ccccc1Cl. The third kappa shape index (κ3) is 5.57. The van der Waals surface area contributed by atoms with Crippen LogP contribution in [-0.4, -0.2) is 23.0 Å². The summed E-state index contributed by atoms with van der Waals surface area (Å²) in [5.74, 6) is 1.69. The summed E-state index contributed by atoms with van der Waals surface area (Å²) in [5, 5.41) is 5.66. The largest absolute Gasteiger partial charge is 0.493 e. The second-order valence-corrected chi connectivity index (χ2v) is 10.3. The summed E-state index contributed by atoms with van der Waals surface area (Å²) in [4.78, 5) is 18.1. The molecule has 0 radical (unpaired) electrons. The molecule has 0 bridgehead atoms. The second kappa shape index (κ2) is 10.2. The molecule has 8 heteroatoms. The van der Waals surface area contributed by atoms with Crippen molar-refractivity contribution >= 4 is 44.6 Å². The standard InChI is InChI=1S/C27H25BrClN3O3/c1-27(2,3)26-31-22-11-10-19(28)14-20(22)25(33)32(26)30-15-17-9-12-23(24(13-17)34-4)35-16-18-7-5-6-8-21(18)29/h5-15H,16H2,1-4H3. The number of aromatic nitrogens is 2. The number of rotatable bonds is 6. The van der Waals surface area contributed by atoms with Crippen LogP contribution in [0.3, 0.4) is 0 Å². The van der Waals surface area contributed by atoms with Crippen LogP contribution in [0.4, 0.5) is 0 Å². The van der Waals surface area contributed by atoms with Gasteiger partial charge >= 0.3 is 0 Å². The van der Waals surface area contributed by atoms with Crippen LogP contribution in [0.15, 0.2) is 75.0 Å². The van der Waals surface area contributed by atoms with Gasteiger partial charge in [-0.2, -0.15) is 9.78 Å². The molecule has 6 nitrogen and oxygen atoms in total. The normalized spacial score (nSPS) is 11.8. The zero-order valence-electron chi connectivity index (χ0n) is 19.9. The summed E-state index contributed by atoms with van der Waals surface area (Å²) in [6.07, 6.45) is 1.61. The van der Waals surface area contributed by atoms with Crippen LogP contribution in [0.25, 0.3) is 10.9 Å². The quantitative estimate of drug-likeness (QED) is 0.253. The Kier molecular flexibility index (Phi) is 7.28. The van der Waals surface area contributed by atoms with Crippen molar-refractivity contribution in [2.45, 2.75) is 32.8 Å². The fourth-order valence-corrected chi connectivity index (χ4v) is 4.07. The van der Waals surface area contributed by atoms with E-state index in [1.807, 2.05) is 63.2 Å². The molecule has 0 amide bonds. The van der Waals surface area contributed by atoms with E-state index >= 15 is 0 Å². The molecule has 0 saturated carbocycles. The monoisotopic (exact) mass is 553 g/mol. The van der Waals surface area contributed by atoms with Crippen LogP contribution in [0, 0.1) is 0 Å². The lowest BCUT2D eigenvalue weighted by Crippen LogP contribution is -2.29. The van der Waals surface area contributed by atoms with E-state index in [4.69, 9.17) is 26.1 Å². The Labute approximate surface area is 217 Å². The van der Waals surface area contributed by atoms with E-state index in [-0.39, 0.29) is 5.56 Å². The first kappa shape index (κ1) is 24.9. The Bertz CT molecular complexity index is 1480. The van der Waals surface area contributed by atoms with Gasteiger partial charge in [0, 0.05) is 20.5 Å². The van der Waals surface area contributed by atoms with Gasteiger partial charge < -0.3 is 9.47 Å². The van der Waals surface area contributed by atoms with Gasteiger partial charge in [-0.1, -0.05) is 66.5 Å². The topological polar surface area (TPSA) is 65.7 Å². The molecule has 180 valence electrons. The van der Waals surface area contributed by atoms with Crippen molar-refractivity contribution in [1.82, 2.24) is 9.66 Å². The first-order valence-corrected chi connectivity index (χ1v) is 12.2. The molecule has 0 unspecified atom stereocenters. The zero-order valence-corrected chi connectivity index (χ0v) is 22.2. The van der Waals surface area contributed by atoms with Crippen LogP contribution in [0.5, 0.6) is 11.5 Å². The van der Waals surface area contributed by atoms with Gasteiger partial charge in [-0.25, -0.2) is 4.98 Å². The smallest absolute Gasteiger partial charge is 0.282 e.